The fourth-order valence-corrected chi connectivity index (χ4v) is 5.00. The van der Waals surface area contributed by atoms with Gasteiger partial charge in [-0.15, -0.1) is 0 Å². The second kappa shape index (κ2) is 9.04. The summed E-state index contributed by atoms with van der Waals surface area (Å²) in [4.78, 5) is 13.8. The molecule has 0 radical (unpaired) electrons. The number of hydrogen-bond donors (Lipinski definition) is 2. The Bertz CT molecular complexity index is 1100. The number of hydrogen-bond acceptors (Lipinski definition) is 3. The fourth-order valence-electron chi connectivity index (χ4n) is 5.00. The van der Waals surface area contributed by atoms with Gasteiger partial charge in [-0.05, 0) is 75.4 Å². The van der Waals surface area contributed by atoms with E-state index in [0.29, 0.717) is 18.0 Å². The number of nitrogens with one attached hydrogen (secondary N) is 1. The lowest BCUT2D eigenvalue weighted by Gasteiger charge is -2.23. The largest absolute Gasteiger partial charge is 0.344 e. The SMILES string of the molecule is Cc1c(Cc2ccc(C(=O)NO)cc2)c2ccccc2n1CC1CCN(CC(C)(C)F)C1. The summed E-state index contributed by atoms with van der Waals surface area (Å²) >= 11 is 0. The van der Waals surface area contributed by atoms with E-state index < -0.39 is 11.6 Å². The number of carbonyl (C=O) groups is 1. The van der Waals surface area contributed by atoms with Crippen LogP contribution in [0.4, 0.5) is 4.39 Å². The van der Waals surface area contributed by atoms with E-state index in [2.05, 4.69) is 40.7 Å². The summed E-state index contributed by atoms with van der Waals surface area (Å²) in [6, 6.07) is 15.8. The highest BCUT2D eigenvalue weighted by Crippen LogP contribution is 2.31. The molecule has 2 aromatic carbocycles. The molecule has 2 heterocycles. The number of hydroxylamine groups is 1. The molecule has 1 aliphatic heterocycles. The van der Waals surface area contributed by atoms with Crippen molar-refractivity contribution >= 4 is 16.8 Å². The first-order valence-corrected chi connectivity index (χ1v) is 11.3. The van der Waals surface area contributed by atoms with Crippen molar-refractivity contribution < 1.29 is 14.4 Å². The number of carbonyl (C=O) groups excluding carboxylic acids is 1. The van der Waals surface area contributed by atoms with E-state index in [9.17, 15) is 9.18 Å². The molecule has 1 aromatic heterocycles. The molecule has 4 rings (SSSR count). The number of para-hydroxylation sites is 1. The van der Waals surface area contributed by atoms with Gasteiger partial charge in [0.15, 0.2) is 0 Å². The fraction of sp³-hybridized carbons (Fsp3) is 0.423. The van der Waals surface area contributed by atoms with Crippen molar-refractivity contribution in [2.75, 3.05) is 19.6 Å². The molecular weight excluding hydrogens is 405 g/mol. The van der Waals surface area contributed by atoms with Crippen molar-refractivity contribution in [3.63, 3.8) is 0 Å². The normalized spacial score (nSPS) is 17.2. The number of benzene rings is 2. The minimum Gasteiger partial charge on any atom is -0.344 e. The van der Waals surface area contributed by atoms with E-state index in [0.717, 1.165) is 38.0 Å². The molecule has 1 unspecified atom stereocenters. The van der Waals surface area contributed by atoms with E-state index in [-0.39, 0.29) is 0 Å². The first kappa shape index (κ1) is 22.5. The Labute approximate surface area is 188 Å². The molecule has 6 heteroatoms. The number of rotatable bonds is 7. The van der Waals surface area contributed by atoms with Crippen LogP contribution in [0, 0.1) is 12.8 Å². The van der Waals surface area contributed by atoms with Gasteiger partial charge >= 0.3 is 0 Å². The van der Waals surface area contributed by atoms with Crippen molar-refractivity contribution in [1.29, 1.82) is 0 Å². The zero-order valence-electron chi connectivity index (χ0n) is 19.1. The molecule has 1 saturated heterocycles. The van der Waals surface area contributed by atoms with E-state index in [1.54, 1.807) is 31.5 Å². The lowest BCUT2D eigenvalue weighted by atomic mass is 10.0. The summed E-state index contributed by atoms with van der Waals surface area (Å²) in [5.74, 6) is 0.00192. The molecule has 2 N–H and O–H groups in total. The topological polar surface area (TPSA) is 57.5 Å². The lowest BCUT2D eigenvalue weighted by molar-refractivity contribution is 0.0706. The zero-order chi connectivity index (χ0) is 22.9. The number of amides is 1. The highest BCUT2D eigenvalue weighted by molar-refractivity contribution is 5.93. The van der Waals surface area contributed by atoms with Crippen LogP contribution in [0.3, 0.4) is 0 Å². The van der Waals surface area contributed by atoms with Crippen LogP contribution in [0.25, 0.3) is 10.9 Å². The summed E-state index contributed by atoms with van der Waals surface area (Å²) in [6.07, 6.45) is 1.86. The van der Waals surface area contributed by atoms with Crippen LogP contribution in [0.1, 0.15) is 47.4 Å². The lowest BCUT2D eigenvalue weighted by Crippen LogP contribution is -2.34. The van der Waals surface area contributed by atoms with Crippen LogP contribution >= 0.6 is 0 Å². The van der Waals surface area contributed by atoms with Gasteiger partial charge in [-0.3, -0.25) is 14.9 Å². The molecule has 5 nitrogen and oxygen atoms in total. The molecule has 0 bridgehead atoms. The van der Waals surface area contributed by atoms with Crippen LogP contribution in [0.15, 0.2) is 48.5 Å². The minimum atomic E-state index is -1.16. The number of nitrogens with zero attached hydrogens (tertiary/aromatic N) is 2. The van der Waals surface area contributed by atoms with Gasteiger partial charge in [0, 0.05) is 41.8 Å². The summed E-state index contributed by atoms with van der Waals surface area (Å²) in [5, 5.41) is 10.1. The number of halogens is 1. The third-order valence-corrected chi connectivity index (χ3v) is 6.47. The Morgan fingerprint density at radius 3 is 2.59 bits per heavy atom. The van der Waals surface area contributed by atoms with Crippen molar-refractivity contribution in [2.24, 2.45) is 5.92 Å². The monoisotopic (exact) mass is 437 g/mol. The van der Waals surface area contributed by atoms with Crippen LogP contribution in [0.2, 0.25) is 0 Å². The molecule has 0 aliphatic carbocycles. The summed E-state index contributed by atoms with van der Waals surface area (Å²) in [5.41, 5.74) is 5.84. The molecular formula is C26H32FN3O2. The predicted molar refractivity (Wildman–Crippen MR) is 125 cm³/mol. The second-order valence-corrected chi connectivity index (χ2v) is 9.61. The number of fused-ring (bicyclic) bond motifs is 1. The average molecular weight is 438 g/mol. The highest BCUT2D eigenvalue weighted by Gasteiger charge is 2.29. The number of likely N-dealkylation sites (tertiary alicyclic amines) is 1. The summed E-state index contributed by atoms with van der Waals surface area (Å²) < 4.78 is 16.5. The Morgan fingerprint density at radius 2 is 1.91 bits per heavy atom. The first-order valence-electron chi connectivity index (χ1n) is 11.3. The molecule has 0 saturated carbocycles. The maximum Gasteiger partial charge on any atom is 0.274 e. The van der Waals surface area contributed by atoms with Crippen LogP contribution in [0.5, 0.6) is 0 Å². The Kier molecular flexibility index (Phi) is 6.35. The smallest absolute Gasteiger partial charge is 0.274 e. The van der Waals surface area contributed by atoms with Gasteiger partial charge in [0.25, 0.3) is 5.91 Å². The molecule has 1 amide bonds. The second-order valence-electron chi connectivity index (χ2n) is 9.61. The Morgan fingerprint density at radius 1 is 1.19 bits per heavy atom. The summed E-state index contributed by atoms with van der Waals surface area (Å²) in [7, 11) is 0. The van der Waals surface area contributed by atoms with Gasteiger partial charge in [-0.25, -0.2) is 9.87 Å². The van der Waals surface area contributed by atoms with Crippen molar-refractivity contribution in [1.82, 2.24) is 14.9 Å². The number of aromatic nitrogens is 1. The van der Waals surface area contributed by atoms with E-state index in [1.165, 1.54) is 22.2 Å². The van der Waals surface area contributed by atoms with E-state index in [4.69, 9.17) is 5.21 Å². The van der Waals surface area contributed by atoms with Crippen LogP contribution in [-0.4, -0.2) is 45.9 Å². The Balaban J connectivity index is 1.57. The van der Waals surface area contributed by atoms with Crippen LogP contribution < -0.4 is 5.48 Å². The first-order chi connectivity index (χ1) is 15.2. The van der Waals surface area contributed by atoms with Gasteiger partial charge in [0.2, 0.25) is 0 Å². The average Bonchev–Trinajstić information content (AvgIpc) is 3.30. The van der Waals surface area contributed by atoms with Gasteiger partial charge in [0.05, 0.1) is 0 Å². The maximum absolute atomic E-state index is 14.1. The Hall–Kier alpha value is -2.70. The van der Waals surface area contributed by atoms with Crippen molar-refractivity contribution in [3.05, 3.63) is 70.9 Å². The van der Waals surface area contributed by atoms with Gasteiger partial charge < -0.3 is 4.57 Å². The number of alkyl halides is 1. The minimum absolute atomic E-state index is 0.428. The molecule has 1 aliphatic rings. The molecule has 0 spiro atoms. The standard InChI is InChI=1S/C26H32FN3O2/c1-18-23(14-19-8-10-21(11-9-19)25(31)28-32)22-6-4-5-7-24(22)30(18)16-20-12-13-29(15-20)17-26(2,3)27/h4-11,20,32H,12-17H2,1-3H3,(H,28,31). The third kappa shape index (κ3) is 4.87. The van der Waals surface area contributed by atoms with Gasteiger partial charge in [-0.1, -0.05) is 30.3 Å². The molecule has 32 heavy (non-hydrogen) atoms. The van der Waals surface area contributed by atoms with Gasteiger partial charge in [0.1, 0.15) is 5.67 Å². The zero-order valence-corrected chi connectivity index (χ0v) is 19.1. The quantitative estimate of drug-likeness (QED) is 0.415. The van der Waals surface area contributed by atoms with Crippen LogP contribution in [-0.2, 0) is 13.0 Å². The van der Waals surface area contributed by atoms with E-state index in [1.807, 2.05) is 12.1 Å². The van der Waals surface area contributed by atoms with E-state index >= 15 is 0 Å². The molecule has 3 aromatic rings. The summed E-state index contributed by atoms with van der Waals surface area (Å²) in [6.45, 7) is 8.80. The third-order valence-electron chi connectivity index (χ3n) is 6.47. The van der Waals surface area contributed by atoms with Crippen molar-refractivity contribution in [3.8, 4) is 0 Å². The molecule has 1 fully saturated rings. The maximum atomic E-state index is 14.1. The molecule has 1 atom stereocenters. The highest BCUT2D eigenvalue weighted by atomic mass is 19.1. The predicted octanol–water partition coefficient (Wildman–Crippen LogP) is 4.73. The molecule has 170 valence electrons. The van der Waals surface area contributed by atoms with Gasteiger partial charge in [-0.2, -0.15) is 0 Å². The van der Waals surface area contributed by atoms with Crippen molar-refractivity contribution in [2.45, 2.75) is 45.8 Å².